The summed E-state index contributed by atoms with van der Waals surface area (Å²) >= 11 is 0. The first-order valence-corrected chi connectivity index (χ1v) is 12.8. The van der Waals surface area contributed by atoms with E-state index in [9.17, 15) is 13.2 Å². The van der Waals surface area contributed by atoms with Gasteiger partial charge in [0, 0.05) is 38.4 Å². The average molecular weight is 491 g/mol. The lowest BCUT2D eigenvalue weighted by molar-refractivity contribution is 0.0952. The maximum Gasteiger partial charge on any atom is 0.252 e. The van der Waals surface area contributed by atoms with Gasteiger partial charge in [-0.1, -0.05) is 24.3 Å². The van der Waals surface area contributed by atoms with Crippen LogP contribution in [0.3, 0.4) is 0 Å². The number of rotatable bonds is 7. The third-order valence-corrected chi connectivity index (χ3v) is 8.03. The number of carbonyl (C=O) groups excluding carboxylic acids is 1. The van der Waals surface area contributed by atoms with Crippen LogP contribution < -0.4 is 5.32 Å². The summed E-state index contributed by atoms with van der Waals surface area (Å²) in [5, 5.41) is 8.21. The van der Waals surface area contributed by atoms with Crippen molar-refractivity contribution in [2.75, 3.05) is 14.1 Å². The highest BCUT2D eigenvalue weighted by atomic mass is 32.2. The second-order valence-electron chi connectivity index (χ2n) is 8.83. The number of hydrogen-bond acceptors (Lipinski definition) is 6. The summed E-state index contributed by atoms with van der Waals surface area (Å²) in [6.45, 7) is 1.91. The first-order valence-electron chi connectivity index (χ1n) is 11.4. The summed E-state index contributed by atoms with van der Waals surface area (Å²) in [7, 11) is -0.675. The highest BCUT2D eigenvalue weighted by molar-refractivity contribution is 7.89. The number of benzene rings is 1. The molecular weight excluding hydrogens is 464 g/mol. The molecule has 9 nitrogen and oxygen atoms in total. The second kappa shape index (κ2) is 8.86. The summed E-state index contributed by atoms with van der Waals surface area (Å²) in [5.74, 6) is 0.643. The van der Waals surface area contributed by atoms with Gasteiger partial charge in [-0.3, -0.25) is 4.79 Å². The highest BCUT2D eigenvalue weighted by Crippen LogP contribution is 2.40. The molecule has 0 saturated heterocycles. The van der Waals surface area contributed by atoms with Gasteiger partial charge in [0.05, 0.1) is 21.5 Å². The zero-order valence-corrected chi connectivity index (χ0v) is 20.6. The predicted molar refractivity (Wildman–Crippen MR) is 132 cm³/mol. The summed E-state index contributed by atoms with van der Waals surface area (Å²) < 4.78 is 28.3. The third kappa shape index (κ3) is 4.30. The van der Waals surface area contributed by atoms with E-state index in [2.05, 4.69) is 15.4 Å². The van der Waals surface area contributed by atoms with Gasteiger partial charge in [-0.15, -0.1) is 0 Å². The van der Waals surface area contributed by atoms with Crippen LogP contribution >= 0.6 is 0 Å². The van der Waals surface area contributed by atoms with Crippen molar-refractivity contribution in [1.82, 2.24) is 29.4 Å². The van der Waals surface area contributed by atoms with Crippen molar-refractivity contribution in [2.24, 2.45) is 0 Å². The molecule has 1 N–H and O–H groups in total. The van der Waals surface area contributed by atoms with E-state index in [4.69, 9.17) is 4.98 Å². The van der Waals surface area contributed by atoms with Crippen LogP contribution in [0.5, 0.6) is 0 Å². The Bertz CT molecular complexity index is 1530. The number of hydrogen-bond donors (Lipinski definition) is 1. The van der Waals surface area contributed by atoms with E-state index in [1.54, 1.807) is 35.1 Å². The maximum atomic E-state index is 13.5. The van der Waals surface area contributed by atoms with Crippen LogP contribution in [0.25, 0.3) is 16.9 Å². The Labute approximate surface area is 203 Å². The molecular formula is C25H26N6O3S. The fraction of sp³-hybridized carbons (Fsp3) is 0.280. The molecule has 0 bridgehead atoms. The van der Waals surface area contributed by atoms with Crippen molar-refractivity contribution >= 4 is 27.0 Å². The standard InChI is InChI=1S/C25H26N6O3S/c1-16-23-19(25(32)27-15-18-8-4-5-9-21(18)35(33,34)30(2)3)14-20(17-11-12-17)28-24(23)31(29-16)22-10-6-7-13-26-22/h4-10,13-14,17H,11-12,15H2,1-3H3,(H,27,32). The molecule has 0 unspecified atom stereocenters. The number of sulfonamides is 1. The molecule has 1 aliphatic carbocycles. The Balaban J connectivity index is 1.54. The van der Waals surface area contributed by atoms with E-state index in [0.29, 0.717) is 39.6 Å². The minimum Gasteiger partial charge on any atom is -0.348 e. The molecule has 1 fully saturated rings. The van der Waals surface area contributed by atoms with Crippen LogP contribution in [0.15, 0.2) is 59.6 Å². The lowest BCUT2D eigenvalue weighted by atomic mass is 10.1. The van der Waals surface area contributed by atoms with Gasteiger partial charge in [-0.05, 0) is 49.6 Å². The zero-order valence-electron chi connectivity index (χ0n) is 19.8. The van der Waals surface area contributed by atoms with Crippen LogP contribution in [0.1, 0.15) is 46.1 Å². The molecule has 0 aliphatic heterocycles. The van der Waals surface area contributed by atoms with Crippen molar-refractivity contribution in [2.45, 2.75) is 37.1 Å². The quantitative estimate of drug-likeness (QED) is 0.426. The van der Waals surface area contributed by atoms with Gasteiger partial charge in [0.15, 0.2) is 11.5 Å². The maximum absolute atomic E-state index is 13.5. The van der Waals surface area contributed by atoms with Crippen LogP contribution in [-0.2, 0) is 16.6 Å². The molecule has 1 saturated carbocycles. The first-order chi connectivity index (χ1) is 16.8. The van der Waals surface area contributed by atoms with Crippen molar-refractivity contribution < 1.29 is 13.2 Å². The normalized spacial score (nSPS) is 13.9. The first kappa shape index (κ1) is 23.1. The molecule has 1 aliphatic rings. The topological polar surface area (TPSA) is 110 Å². The minimum absolute atomic E-state index is 0.0675. The lowest BCUT2D eigenvalue weighted by Crippen LogP contribution is -2.27. The molecule has 10 heteroatoms. The molecule has 3 aromatic heterocycles. The number of aryl methyl sites for hydroxylation is 1. The molecule has 1 amide bonds. The van der Waals surface area contributed by atoms with E-state index < -0.39 is 10.0 Å². The fourth-order valence-corrected chi connectivity index (χ4v) is 5.20. The Kier molecular flexibility index (Phi) is 5.86. The van der Waals surface area contributed by atoms with Gasteiger partial charge >= 0.3 is 0 Å². The number of nitrogens with one attached hydrogen (secondary N) is 1. The molecule has 0 spiro atoms. The van der Waals surface area contributed by atoms with Gasteiger partial charge < -0.3 is 5.32 Å². The van der Waals surface area contributed by atoms with Gasteiger partial charge in [0.1, 0.15) is 0 Å². The molecule has 4 aromatic rings. The molecule has 5 rings (SSSR count). The van der Waals surface area contributed by atoms with Crippen LogP contribution in [0.4, 0.5) is 0 Å². The Hall–Kier alpha value is -3.63. The molecule has 0 radical (unpaired) electrons. The number of pyridine rings is 2. The highest BCUT2D eigenvalue weighted by Gasteiger charge is 2.29. The number of amides is 1. The number of carbonyl (C=O) groups is 1. The second-order valence-corrected chi connectivity index (χ2v) is 11.0. The number of aromatic nitrogens is 4. The summed E-state index contributed by atoms with van der Waals surface area (Å²) in [6.07, 6.45) is 3.76. The molecule has 1 aromatic carbocycles. The van der Waals surface area contributed by atoms with E-state index in [0.717, 1.165) is 22.8 Å². The van der Waals surface area contributed by atoms with Crippen molar-refractivity contribution in [1.29, 1.82) is 0 Å². The number of fused-ring (bicyclic) bond motifs is 1. The average Bonchev–Trinajstić information content (AvgIpc) is 3.66. The molecule has 0 atom stereocenters. The number of nitrogens with zero attached hydrogens (tertiary/aromatic N) is 5. The van der Waals surface area contributed by atoms with E-state index in [-0.39, 0.29) is 17.3 Å². The monoisotopic (exact) mass is 490 g/mol. The van der Waals surface area contributed by atoms with Crippen LogP contribution in [0, 0.1) is 6.92 Å². The fourth-order valence-electron chi connectivity index (χ4n) is 4.08. The van der Waals surface area contributed by atoms with Crippen LogP contribution in [-0.4, -0.2) is 52.5 Å². The smallest absolute Gasteiger partial charge is 0.252 e. The molecule has 180 valence electrons. The van der Waals surface area contributed by atoms with Crippen molar-refractivity contribution in [3.63, 3.8) is 0 Å². The Morgan fingerprint density at radius 1 is 1.14 bits per heavy atom. The summed E-state index contributed by atoms with van der Waals surface area (Å²) in [4.78, 5) is 22.9. The van der Waals surface area contributed by atoms with Crippen LogP contribution in [0.2, 0.25) is 0 Å². The largest absolute Gasteiger partial charge is 0.348 e. The lowest BCUT2D eigenvalue weighted by Gasteiger charge is -2.16. The van der Waals surface area contributed by atoms with Gasteiger partial charge in [0.25, 0.3) is 5.91 Å². The SMILES string of the molecule is Cc1nn(-c2ccccn2)c2nc(C3CC3)cc(C(=O)NCc3ccccc3S(=O)(=O)N(C)C)c12. The van der Waals surface area contributed by atoms with Gasteiger partial charge in [-0.2, -0.15) is 9.78 Å². The van der Waals surface area contributed by atoms with Gasteiger partial charge in [-0.25, -0.2) is 22.7 Å². The third-order valence-electron chi connectivity index (χ3n) is 6.11. The van der Waals surface area contributed by atoms with Gasteiger partial charge in [0.2, 0.25) is 10.0 Å². The minimum atomic E-state index is -3.65. The molecule has 35 heavy (non-hydrogen) atoms. The Morgan fingerprint density at radius 2 is 1.89 bits per heavy atom. The van der Waals surface area contributed by atoms with Crippen molar-refractivity contribution in [3.8, 4) is 5.82 Å². The van der Waals surface area contributed by atoms with E-state index in [1.165, 1.54) is 14.1 Å². The summed E-state index contributed by atoms with van der Waals surface area (Å²) in [5.41, 5.74) is 3.11. The van der Waals surface area contributed by atoms with E-state index >= 15 is 0 Å². The Morgan fingerprint density at radius 3 is 2.57 bits per heavy atom. The molecule has 3 heterocycles. The van der Waals surface area contributed by atoms with E-state index in [1.807, 2.05) is 31.2 Å². The predicted octanol–water partition coefficient (Wildman–Crippen LogP) is 3.18. The summed E-state index contributed by atoms with van der Waals surface area (Å²) in [6, 6.07) is 14.1. The zero-order chi connectivity index (χ0) is 24.7. The van der Waals surface area contributed by atoms with Crippen molar-refractivity contribution in [3.05, 3.63) is 77.2 Å².